The van der Waals surface area contributed by atoms with Crippen LogP contribution in [0.3, 0.4) is 0 Å². The number of benzene rings is 1. The molecule has 3 unspecified atom stereocenters. The van der Waals surface area contributed by atoms with Crippen LogP contribution in [-0.4, -0.2) is 91.2 Å². The second-order valence-corrected chi connectivity index (χ2v) is 13.8. The van der Waals surface area contributed by atoms with Gasteiger partial charge in [0.25, 0.3) is 0 Å². The molecule has 3 aliphatic rings. The summed E-state index contributed by atoms with van der Waals surface area (Å²) >= 11 is 5.54. The first-order valence-electron chi connectivity index (χ1n) is 14.4. The number of halogens is 1. The highest BCUT2D eigenvalue weighted by Crippen LogP contribution is 2.68. The van der Waals surface area contributed by atoms with Crippen LogP contribution in [0.25, 0.3) is 0 Å². The van der Waals surface area contributed by atoms with E-state index < -0.39 is 22.6 Å². The standard InChI is InChI=1S/C31H42BrN3O4S/c1-4-15-33(16-5-2)28(37)24-25-29(38)35(18-11-8-12-19-36)27(31(25)20-23(32)26(24)40-31)30(39)34(17-6-3)21-22-13-9-7-10-14-22/h4,6-7,9-10,13-14,23-27,36H,1,3,5,8,11-12,15-21H2,2H3/t23?,24-,25-,26-,27?,31?/m0/s1. The van der Waals surface area contributed by atoms with E-state index in [9.17, 15) is 19.5 Å². The lowest BCUT2D eigenvalue weighted by atomic mass is 9.70. The molecule has 7 nitrogen and oxygen atoms in total. The molecule has 0 radical (unpaired) electrons. The number of unbranched alkanes of at least 4 members (excludes halogenated alkanes) is 2. The van der Waals surface area contributed by atoms with Crippen LogP contribution in [0.4, 0.5) is 0 Å². The zero-order valence-electron chi connectivity index (χ0n) is 23.4. The van der Waals surface area contributed by atoms with Crippen LogP contribution in [0.15, 0.2) is 55.6 Å². The number of nitrogens with zero attached hydrogens (tertiary/aromatic N) is 3. The van der Waals surface area contributed by atoms with Crippen molar-refractivity contribution in [2.75, 3.05) is 32.8 Å². The lowest BCUT2D eigenvalue weighted by molar-refractivity contribution is -0.144. The van der Waals surface area contributed by atoms with Gasteiger partial charge in [0, 0.05) is 49.4 Å². The van der Waals surface area contributed by atoms with Gasteiger partial charge in [-0.1, -0.05) is 65.3 Å². The molecule has 9 heteroatoms. The maximum Gasteiger partial charge on any atom is 0.247 e. The van der Waals surface area contributed by atoms with Gasteiger partial charge >= 0.3 is 0 Å². The Morgan fingerprint density at radius 1 is 1.12 bits per heavy atom. The number of likely N-dealkylation sites (tertiary alicyclic amines) is 1. The maximum atomic E-state index is 14.5. The van der Waals surface area contributed by atoms with Crippen LogP contribution >= 0.6 is 27.7 Å². The van der Waals surface area contributed by atoms with Crippen molar-refractivity contribution < 1.29 is 19.5 Å². The van der Waals surface area contributed by atoms with Gasteiger partial charge in [-0.2, -0.15) is 0 Å². The average molecular weight is 633 g/mol. The average Bonchev–Trinajstić information content (AvgIpc) is 3.54. The Hall–Kier alpha value is -2.10. The fraction of sp³-hybridized carbons (Fsp3) is 0.581. The molecule has 3 fully saturated rings. The van der Waals surface area contributed by atoms with Crippen molar-refractivity contribution in [3.05, 3.63) is 61.2 Å². The first-order chi connectivity index (χ1) is 19.3. The molecule has 3 saturated heterocycles. The van der Waals surface area contributed by atoms with Crippen LogP contribution < -0.4 is 0 Å². The van der Waals surface area contributed by atoms with Crippen LogP contribution in [0.2, 0.25) is 0 Å². The summed E-state index contributed by atoms with van der Waals surface area (Å²) in [5.41, 5.74) is 1.01. The summed E-state index contributed by atoms with van der Waals surface area (Å²) < 4.78 is -0.674. The minimum Gasteiger partial charge on any atom is -0.396 e. The summed E-state index contributed by atoms with van der Waals surface area (Å²) in [7, 11) is 0. The molecule has 1 aromatic rings. The summed E-state index contributed by atoms with van der Waals surface area (Å²) in [6.07, 6.45) is 7.07. The summed E-state index contributed by atoms with van der Waals surface area (Å²) in [5, 5.41) is 9.22. The maximum absolute atomic E-state index is 14.5. The number of fused-ring (bicyclic) bond motifs is 1. The third-order valence-electron chi connectivity index (χ3n) is 8.40. The van der Waals surface area contributed by atoms with Crippen LogP contribution in [0, 0.1) is 11.8 Å². The van der Waals surface area contributed by atoms with E-state index in [1.54, 1.807) is 33.7 Å². The zero-order chi connectivity index (χ0) is 28.9. The first-order valence-corrected chi connectivity index (χ1v) is 16.2. The van der Waals surface area contributed by atoms with E-state index in [-0.39, 0.29) is 34.4 Å². The van der Waals surface area contributed by atoms with Gasteiger partial charge in [-0.15, -0.1) is 24.9 Å². The number of aliphatic hydroxyl groups is 1. The second-order valence-electron chi connectivity index (χ2n) is 11.0. The van der Waals surface area contributed by atoms with E-state index in [4.69, 9.17) is 0 Å². The van der Waals surface area contributed by atoms with Crippen LogP contribution in [0.1, 0.15) is 44.6 Å². The van der Waals surface area contributed by atoms with E-state index in [0.29, 0.717) is 52.0 Å². The summed E-state index contributed by atoms with van der Waals surface area (Å²) in [6, 6.07) is 9.20. The number of amides is 3. The monoisotopic (exact) mass is 631 g/mol. The molecule has 1 N–H and O–H groups in total. The molecular weight excluding hydrogens is 590 g/mol. The number of thioether (sulfide) groups is 1. The van der Waals surface area contributed by atoms with Crippen molar-refractivity contribution in [2.45, 2.75) is 66.4 Å². The Balaban J connectivity index is 1.72. The smallest absolute Gasteiger partial charge is 0.247 e. The molecule has 0 aliphatic carbocycles. The molecule has 0 aromatic heterocycles. The largest absolute Gasteiger partial charge is 0.396 e. The highest BCUT2D eigenvalue weighted by atomic mass is 79.9. The highest BCUT2D eigenvalue weighted by molar-refractivity contribution is 9.09. The number of rotatable bonds is 15. The zero-order valence-corrected chi connectivity index (χ0v) is 25.8. The van der Waals surface area contributed by atoms with E-state index in [1.165, 1.54) is 0 Å². The SMILES string of the molecule is C=CCN(Cc1ccccc1)C(=O)C1N(CCCCCO)C(=O)[C@@H]2[C@H](C(=O)N(CC=C)CCC)[C@H]3SC12CC3Br. The Bertz CT molecular complexity index is 1090. The van der Waals surface area contributed by atoms with Crippen LogP contribution in [-0.2, 0) is 20.9 Å². The van der Waals surface area contributed by atoms with Gasteiger partial charge in [-0.3, -0.25) is 14.4 Å². The fourth-order valence-electron chi connectivity index (χ4n) is 6.80. The minimum absolute atomic E-state index is 0.0100. The minimum atomic E-state index is -0.674. The van der Waals surface area contributed by atoms with Crippen LogP contribution in [0.5, 0.6) is 0 Å². The molecule has 0 saturated carbocycles. The number of carbonyl (C=O) groups is 3. The highest BCUT2D eigenvalue weighted by Gasteiger charge is 2.75. The quantitative estimate of drug-likeness (QED) is 0.178. The Morgan fingerprint density at radius 2 is 1.82 bits per heavy atom. The van der Waals surface area contributed by atoms with Crippen molar-refractivity contribution >= 4 is 45.4 Å². The lowest BCUT2D eigenvalue weighted by Gasteiger charge is -2.38. The Morgan fingerprint density at radius 3 is 2.48 bits per heavy atom. The van der Waals surface area contributed by atoms with E-state index >= 15 is 0 Å². The van der Waals surface area contributed by atoms with E-state index in [1.807, 2.05) is 42.2 Å². The van der Waals surface area contributed by atoms with E-state index in [2.05, 4.69) is 29.1 Å². The van der Waals surface area contributed by atoms with Gasteiger partial charge in [0.1, 0.15) is 6.04 Å². The number of aliphatic hydroxyl groups excluding tert-OH is 1. The molecule has 3 heterocycles. The predicted octanol–water partition coefficient (Wildman–Crippen LogP) is 4.25. The van der Waals surface area contributed by atoms with Crippen molar-refractivity contribution in [1.29, 1.82) is 0 Å². The summed E-state index contributed by atoms with van der Waals surface area (Å²) in [5.74, 6) is -1.20. The molecule has 1 spiro atoms. The van der Waals surface area contributed by atoms with Crippen molar-refractivity contribution in [1.82, 2.24) is 14.7 Å². The van der Waals surface area contributed by atoms with Gasteiger partial charge < -0.3 is 19.8 Å². The molecule has 3 aliphatic heterocycles. The van der Waals surface area contributed by atoms with Gasteiger partial charge in [0.2, 0.25) is 17.7 Å². The summed E-state index contributed by atoms with van der Waals surface area (Å²) in [6.45, 7) is 12.2. The van der Waals surface area contributed by atoms with Gasteiger partial charge in [-0.05, 0) is 37.7 Å². The lowest BCUT2D eigenvalue weighted by Crippen LogP contribution is -2.55. The van der Waals surface area contributed by atoms with Crippen molar-refractivity contribution in [3.8, 4) is 0 Å². The topological polar surface area (TPSA) is 81.2 Å². The van der Waals surface area contributed by atoms with Gasteiger partial charge in [0.05, 0.1) is 16.6 Å². The third-order valence-corrected chi connectivity index (χ3v) is 11.6. The van der Waals surface area contributed by atoms with Crippen molar-refractivity contribution in [3.63, 3.8) is 0 Å². The fourth-order valence-corrected chi connectivity index (χ4v) is 10.4. The molecule has 2 bridgehead atoms. The number of carbonyl (C=O) groups excluding carboxylic acids is 3. The molecule has 4 rings (SSSR count). The first kappa shape index (κ1) is 30.8. The molecule has 1 aromatic carbocycles. The molecule has 3 amide bonds. The number of hydrogen-bond acceptors (Lipinski definition) is 5. The van der Waals surface area contributed by atoms with Gasteiger partial charge in [-0.25, -0.2) is 0 Å². The number of alkyl halides is 1. The predicted molar refractivity (Wildman–Crippen MR) is 164 cm³/mol. The Kier molecular flexibility index (Phi) is 10.6. The molecular formula is C31H42BrN3O4S. The number of hydrogen-bond donors (Lipinski definition) is 1. The molecule has 218 valence electrons. The van der Waals surface area contributed by atoms with E-state index in [0.717, 1.165) is 18.4 Å². The molecule has 40 heavy (non-hydrogen) atoms. The normalized spacial score (nSPS) is 28.4. The Labute approximate surface area is 251 Å². The van der Waals surface area contributed by atoms with Crippen molar-refractivity contribution in [2.24, 2.45) is 11.8 Å². The second kappa shape index (κ2) is 13.7. The van der Waals surface area contributed by atoms with Gasteiger partial charge in [0.15, 0.2) is 0 Å². The molecule has 6 atom stereocenters. The summed E-state index contributed by atoms with van der Waals surface area (Å²) in [4.78, 5) is 48.3. The third kappa shape index (κ3) is 5.79.